The van der Waals surface area contributed by atoms with Crippen LogP contribution in [-0.2, 0) is 5.41 Å². The van der Waals surface area contributed by atoms with Crippen molar-refractivity contribution in [3.05, 3.63) is 218 Å². The van der Waals surface area contributed by atoms with Crippen molar-refractivity contribution in [1.29, 1.82) is 0 Å². The fourth-order valence-electron chi connectivity index (χ4n) is 10.1. The van der Waals surface area contributed by atoms with Crippen LogP contribution in [0.2, 0.25) is 0 Å². The Labute approximate surface area is 355 Å². The molecule has 61 heavy (non-hydrogen) atoms. The minimum Gasteiger partial charge on any atom is -0.309 e. The predicted octanol–water partition coefficient (Wildman–Crippen LogP) is 15.5. The molecule has 0 N–H and O–H groups in total. The molecular formula is C58H43N3. The van der Waals surface area contributed by atoms with Crippen LogP contribution in [0.15, 0.2) is 207 Å². The average molecular weight is 782 g/mol. The summed E-state index contributed by atoms with van der Waals surface area (Å²) < 4.78 is 7.27. The lowest BCUT2D eigenvalue weighted by molar-refractivity contribution is 0.533. The Kier molecular flexibility index (Phi) is 7.79. The zero-order valence-electron chi connectivity index (χ0n) is 34.3. The number of rotatable bonds is 4. The van der Waals surface area contributed by atoms with Gasteiger partial charge in [-0.05, 0) is 119 Å². The van der Waals surface area contributed by atoms with Crippen molar-refractivity contribution in [2.75, 3.05) is 0 Å². The molecule has 0 aliphatic heterocycles. The molecule has 3 nitrogen and oxygen atoms in total. The number of fused-ring (bicyclic) bond motifs is 10. The van der Waals surface area contributed by atoms with Gasteiger partial charge in [0.25, 0.3) is 0 Å². The van der Waals surface area contributed by atoms with E-state index in [0.29, 0.717) is 0 Å². The molecule has 1 aliphatic rings. The molecule has 11 aromatic rings. The lowest BCUT2D eigenvalue weighted by atomic mass is 9.77. The molecule has 0 atom stereocenters. The van der Waals surface area contributed by atoms with Gasteiger partial charge in [0.2, 0.25) is 0 Å². The number of aromatic nitrogens is 3. The van der Waals surface area contributed by atoms with Crippen molar-refractivity contribution < 1.29 is 0 Å². The first kappa shape index (κ1) is 35.3. The summed E-state index contributed by atoms with van der Waals surface area (Å²) in [5, 5.41) is 7.49. The van der Waals surface area contributed by atoms with E-state index in [4.69, 9.17) is 0 Å². The Bertz CT molecular complexity index is 3660. The van der Waals surface area contributed by atoms with E-state index in [1.54, 1.807) is 0 Å². The second-order valence-corrected chi connectivity index (χ2v) is 17.2. The van der Waals surface area contributed by atoms with Gasteiger partial charge in [-0.15, -0.1) is 0 Å². The summed E-state index contributed by atoms with van der Waals surface area (Å²) in [5.41, 5.74) is 16.6. The molecule has 0 spiro atoms. The van der Waals surface area contributed by atoms with Gasteiger partial charge in [-0.1, -0.05) is 142 Å². The molecule has 0 saturated heterocycles. The Morgan fingerprint density at radius 2 is 0.902 bits per heavy atom. The van der Waals surface area contributed by atoms with Crippen molar-refractivity contribution in [3.8, 4) is 28.2 Å². The first-order valence-corrected chi connectivity index (χ1v) is 21.3. The highest BCUT2D eigenvalue weighted by molar-refractivity contribution is 6.14. The molecule has 0 saturated carbocycles. The molecule has 0 bridgehead atoms. The monoisotopic (exact) mass is 781 g/mol. The summed E-state index contributed by atoms with van der Waals surface area (Å²) in [4.78, 5) is 0. The smallest absolute Gasteiger partial charge is 0.0561 e. The van der Waals surface area contributed by atoms with E-state index in [0.717, 1.165) is 23.4 Å². The van der Waals surface area contributed by atoms with Gasteiger partial charge in [0, 0.05) is 49.4 Å². The highest BCUT2D eigenvalue weighted by Crippen LogP contribution is 2.42. The number of hydrogen-bond donors (Lipinski definition) is 0. The van der Waals surface area contributed by atoms with E-state index in [1.165, 1.54) is 93.4 Å². The topological polar surface area (TPSA) is 14.8 Å². The number of hydrogen-bond acceptors (Lipinski definition) is 0. The van der Waals surface area contributed by atoms with Crippen LogP contribution in [0, 0.1) is 0 Å². The van der Waals surface area contributed by atoms with E-state index in [2.05, 4.69) is 234 Å². The van der Waals surface area contributed by atoms with Gasteiger partial charge in [-0.3, -0.25) is 0 Å². The van der Waals surface area contributed by atoms with Crippen LogP contribution in [0.25, 0.3) is 99.2 Å². The minimum absolute atomic E-state index is 0.0561. The summed E-state index contributed by atoms with van der Waals surface area (Å²) in [7, 11) is 0. The maximum atomic E-state index is 4.45. The Morgan fingerprint density at radius 3 is 1.52 bits per heavy atom. The second kappa shape index (κ2) is 13.5. The molecule has 3 heteroatoms. The second-order valence-electron chi connectivity index (χ2n) is 17.2. The summed E-state index contributed by atoms with van der Waals surface area (Å²) in [6.45, 7) is 9.13. The van der Waals surface area contributed by atoms with Crippen LogP contribution < -0.4 is 0 Å². The third-order valence-electron chi connectivity index (χ3n) is 13.1. The summed E-state index contributed by atoms with van der Waals surface area (Å²) >= 11 is 0. The van der Waals surface area contributed by atoms with E-state index in [-0.39, 0.29) is 5.41 Å². The van der Waals surface area contributed by atoms with Gasteiger partial charge in [0.05, 0.1) is 33.1 Å². The van der Waals surface area contributed by atoms with Gasteiger partial charge in [-0.2, -0.15) is 0 Å². The zero-order valence-corrected chi connectivity index (χ0v) is 34.3. The van der Waals surface area contributed by atoms with Gasteiger partial charge in [-0.25, -0.2) is 0 Å². The fourth-order valence-corrected chi connectivity index (χ4v) is 10.1. The first-order valence-electron chi connectivity index (χ1n) is 21.3. The van der Waals surface area contributed by atoms with Crippen molar-refractivity contribution in [3.63, 3.8) is 0 Å². The van der Waals surface area contributed by atoms with Crippen LogP contribution in [0.3, 0.4) is 0 Å². The van der Waals surface area contributed by atoms with E-state index < -0.39 is 0 Å². The molecule has 1 aliphatic carbocycles. The van der Waals surface area contributed by atoms with Gasteiger partial charge < -0.3 is 13.7 Å². The lowest BCUT2D eigenvalue weighted by Crippen LogP contribution is -2.18. The Morgan fingerprint density at radius 1 is 0.410 bits per heavy atom. The number of allylic oxidation sites excluding steroid dienone is 5. The Hall–Kier alpha value is -7.62. The molecule has 290 valence electrons. The molecule has 0 unspecified atom stereocenters. The maximum Gasteiger partial charge on any atom is 0.0561 e. The number of nitrogens with zero attached hydrogens (tertiary/aromatic N) is 3. The van der Waals surface area contributed by atoms with Gasteiger partial charge in [0.1, 0.15) is 0 Å². The van der Waals surface area contributed by atoms with E-state index in [1.807, 2.05) is 0 Å². The first-order chi connectivity index (χ1) is 29.9. The summed E-state index contributed by atoms with van der Waals surface area (Å²) in [6.07, 6.45) is 9.60. The van der Waals surface area contributed by atoms with Crippen molar-refractivity contribution >= 4 is 71.0 Å². The third kappa shape index (κ3) is 5.44. The predicted molar refractivity (Wildman–Crippen MR) is 260 cm³/mol. The SMILES string of the molecule is C=C1/C=C\C=C/CC(C)(C)c2cc(-n3c4ccccc4c4cc(-c5ccc6c(c5)c5ccccc5n6-c5ccc6c7ccccc7n(-c7ccccc7)c6c5)ccc43)ccc21. The van der Waals surface area contributed by atoms with Crippen LogP contribution >= 0.6 is 0 Å². The van der Waals surface area contributed by atoms with Crippen LogP contribution in [-0.4, -0.2) is 13.7 Å². The van der Waals surface area contributed by atoms with Crippen molar-refractivity contribution in [1.82, 2.24) is 13.7 Å². The van der Waals surface area contributed by atoms with Crippen LogP contribution in [0.1, 0.15) is 31.4 Å². The highest BCUT2D eigenvalue weighted by atomic mass is 15.0. The molecule has 0 radical (unpaired) electrons. The molecule has 8 aromatic carbocycles. The van der Waals surface area contributed by atoms with E-state index >= 15 is 0 Å². The van der Waals surface area contributed by atoms with Crippen molar-refractivity contribution in [2.24, 2.45) is 0 Å². The summed E-state index contributed by atoms with van der Waals surface area (Å²) in [6, 6.07) is 65.0. The molecule has 0 fully saturated rings. The van der Waals surface area contributed by atoms with Crippen molar-refractivity contribution in [2.45, 2.75) is 25.7 Å². The largest absolute Gasteiger partial charge is 0.309 e. The fraction of sp³-hybridized carbons (Fsp3) is 0.0690. The average Bonchev–Trinajstić information content (AvgIpc) is 3.94. The van der Waals surface area contributed by atoms with Crippen LogP contribution in [0.5, 0.6) is 0 Å². The third-order valence-corrected chi connectivity index (χ3v) is 13.1. The normalized spacial score (nSPS) is 15.1. The molecule has 0 amide bonds. The minimum atomic E-state index is -0.0561. The molecule has 12 rings (SSSR count). The highest BCUT2D eigenvalue weighted by Gasteiger charge is 2.25. The maximum absolute atomic E-state index is 4.45. The number of para-hydroxylation sites is 4. The van der Waals surface area contributed by atoms with Gasteiger partial charge >= 0.3 is 0 Å². The molecule has 3 aromatic heterocycles. The van der Waals surface area contributed by atoms with E-state index in [9.17, 15) is 0 Å². The lowest BCUT2D eigenvalue weighted by Gasteiger charge is -2.28. The Balaban J connectivity index is 1.01. The molecular weight excluding hydrogens is 739 g/mol. The van der Waals surface area contributed by atoms with Crippen LogP contribution in [0.4, 0.5) is 0 Å². The number of benzene rings is 8. The standard InChI is InChI=1S/C58H43N3/c1-38-16-6-5-15-33-58(2,3)51-36-42(27-29-44(38)51)60-53-23-13-10-20-46(53)49-34-39(25-31-55(49)60)40-26-32-56-50(35-40)47-21-11-14-24-54(47)61(56)43-28-30-48-45-19-9-12-22-52(45)59(57(48)37-43)41-17-7-4-8-18-41/h4-32,34-37H,1,33H2,2-3H3/b15-5-,16-6-. The molecule has 3 heterocycles. The van der Waals surface area contributed by atoms with Gasteiger partial charge in [0.15, 0.2) is 0 Å². The summed E-state index contributed by atoms with van der Waals surface area (Å²) in [5.74, 6) is 0. The quantitative estimate of drug-likeness (QED) is 0.169. The zero-order chi connectivity index (χ0) is 40.8.